The fraction of sp³-hybridized carbons (Fsp3) is 0.667. The van der Waals surface area contributed by atoms with Crippen molar-refractivity contribution in [3.63, 3.8) is 0 Å². The summed E-state index contributed by atoms with van der Waals surface area (Å²) in [5, 5.41) is 15.0. The molecule has 1 aromatic carbocycles. The number of phenolic OH excluding ortho intramolecular Hbond substituents is 1. The third-order valence-electron chi connectivity index (χ3n) is 4.35. The van der Waals surface area contributed by atoms with E-state index < -0.39 is 11.4 Å². The highest BCUT2D eigenvalue weighted by Gasteiger charge is 2.28. The van der Waals surface area contributed by atoms with Crippen molar-refractivity contribution in [1.82, 2.24) is 4.90 Å². The fourth-order valence-electron chi connectivity index (χ4n) is 2.75. The van der Waals surface area contributed by atoms with Crippen molar-refractivity contribution in [1.29, 1.82) is 0 Å². The minimum absolute atomic E-state index is 0.00448. The standard InChI is InChI=1S/C17H22Cl2FNO3.C4H11NS/c1-17(2,3)24-16(23)21-6-4-10(5-7-21)8-11-13(22)9-12(18)14(19)15(11)20;1-4(2,3)6-5/h9-10,22H,4-8H2,1-3H3;5H2,1-3H3. The lowest BCUT2D eigenvalue weighted by Crippen LogP contribution is -2.42. The molecule has 9 heteroatoms. The van der Waals surface area contributed by atoms with Gasteiger partial charge in [-0.3, -0.25) is 5.14 Å². The zero-order valence-corrected chi connectivity index (χ0v) is 20.8. The van der Waals surface area contributed by atoms with Gasteiger partial charge in [-0.05, 0) is 66.7 Å². The van der Waals surface area contributed by atoms with Crippen LogP contribution in [0.3, 0.4) is 0 Å². The van der Waals surface area contributed by atoms with Gasteiger partial charge in [0.25, 0.3) is 0 Å². The molecule has 0 aromatic heterocycles. The number of amides is 1. The molecule has 0 bridgehead atoms. The zero-order chi connectivity index (χ0) is 23.3. The molecule has 5 nitrogen and oxygen atoms in total. The Balaban J connectivity index is 0.000000656. The number of halogens is 3. The highest BCUT2D eigenvalue weighted by Crippen LogP contribution is 2.36. The van der Waals surface area contributed by atoms with Crippen LogP contribution in [0.5, 0.6) is 5.75 Å². The van der Waals surface area contributed by atoms with Gasteiger partial charge in [-0.2, -0.15) is 0 Å². The molecule has 1 heterocycles. The Bertz CT molecular complexity index is 728. The monoisotopic (exact) mass is 482 g/mol. The average Bonchev–Trinajstić information content (AvgIpc) is 2.62. The van der Waals surface area contributed by atoms with Crippen LogP contribution in [0.15, 0.2) is 6.07 Å². The number of carbonyl (C=O) groups is 1. The number of aromatic hydroxyl groups is 1. The van der Waals surface area contributed by atoms with E-state index in [2.05, 4.69) is 20.8 Å². The first-order valence-corrected chi connectivity index (χ1v) is 11.5. The molecule has 172 valence electrons. The van der Waals surface area contributed by atoms with E-state index >= 15 is 0 Å². The number of hydrogen-bond acceptors (Lipinski definition) is 5. The lowest BCUT2D eigenvalue weighted by Gasteiger charge is -2.33. The van der Waals surface area contributed by atoms with Crippen molar-refractivity contribution in [2.75, 3.05) is 13.1 Å². The Morgan fingerprint density at radius 2 is 1.77 bits per heavy atom. The van der Waals surface area contributed by atoms with Gasteiger partial charge in [-0.15, -0.1) is 0 Å². The largest absolute Gasteiger partial charge is 0.508 e. The van der Waals surface area contributed by atoms with Gasteiger partial charge in [-0.25, -0.2) is 9.18 Å². The number of phenols is 1. The van der Waals surface area contributed by atoms with E-state index in [1.54, 1.807) is 4.90 Å². The van der Waals surface area contributed by atoms with E-state index in [0.717, 1.165) is 0 Å². The van der Waals surface area contributed by atoms with Crippen LogP contribution < -0.4 is 5.14 Å². The highest BCUT2D eigenvalue weighted by atomic mass is 35.5. The number of carbonyl (C=O) groups excluding carboxylic acids is 1. The number of ether oxygens (including phenoxy) is 1. The van der Waals surface area contributed by atoms with Gasteiger partial charge in [0.15, 0.2) is 0 Å². The van der Waals surface area contributed by atoms with Gasteiger partial charge in [0.05, 0.1) is 10.0 Å². The number of hydrogen-bond donors (Lipinski definition) is 2. The average molecular weight is 483 g/mol. The van der Waals surface area contributed by atoms with Crippen molar-refractivity contribution in [3.8, 4) is 5.75 Å². The van der Waals surface area contributed by atoms with Gasteiger partial charge in [0.2, 0.25) is 0 Å². The molecule has 0 saturated carbocycles. The Morgan fingerprint density at radius 1 is 1.27 bits per heavy atom. The maximum Gasteiger partial charge on any atom is 0.410 e. The molecule has 1 saturated heterocycles. The van der Waals surface area contributed by atoms with E-state index in [1.807, 2.05) is 20.8 Å². The molecule has 30 heavy (non-hydrogen) atoms. The molecule has 1 aliphatic rings. The normalized spacial score (nSPS) is 15.5. The maximum absolute atomic E-state index is 14.2. The number of rotatable bonds is 2. The summed E-state index contributed by atoms with van der Waals surface area (Å²) < 4.78 is 19.8. The van der Waals surface area contributed by atoms with E-state index in [9.17, 15) is 14.3 Å². The van der Waals surface area contributed by atoms with E-state index in [1.165, 1.54) is 18.0 Å². The molecule has 1 aliphatic heterocycles. The minimum atomic E-state index is -0.670. The third-order valence-corrected chi connectivity index (χ3v) is 5.82. The molecule has 3 N–H and O–H groups in total. The lowest BCUT2D eigenvalue weighted by molar-refractivity contribution is 0.0183. The summed E-state index contributed by atoms with van der Waals surface area (Å²) in [5.74, 6) is -0.700. The molecule has 2 rings (SSSR count). The summed E-state index contributed by atoms with van der Waals surface area (Å²) in [6.07, 6.45) is 1.44. The molecule has 0 aliphatic carbocycles. The first-order valence-electron chi connectivity index (χ1n) is 9.85. The van der Waals surface area contributed by atoms with E-state index in [0.29, 0.717) is 32.4 Å². The molecule has 0 atom stereocenters. The number of benzene rings is 1. The Hall–Kier alpha value is -0.890. The quantitative estimate of drug-likeness (QED) is 0.375. The first-order chi connectivity index (χ1) is 13.6. The predicted octanol–water partition coefficient (Wildman–Crippen LogP) is 6.42. The summed E-state index contributed by atoms with van der Waals surface area (Å²) >= 11 is 12.9. The molecule has 1 amide bonds. The van der Waals surface area contributed by atoms with Crippen LogP contribution in [0.4, 0.5) is 9.18 Å². The number of likely N-dealkylation sites (tertiary alicyclic amines) is 1. The predicted molar refractivity (Wildman–Crippen MR) is 124 cm³/mol. The second-order valence-electron chi connectivity index (χ2n) is 9.33. The summed E-state index contributed by atoms with van der Waals surface area (Å²) in [4.78, 5) is 13.7. The van der Waals surface area contributed by atoms with E-state index in [-0.39, 0.29) is 38.1 Å². The molecule has 0 spiro atoms. The molecule has 0 unspecified atom stereocenters. The highest BCUT2D eigenvalue weighted by molar-refractivity contribution is 7.98. The zero-order valence-electron chi connectivity index (χ0n) is 18.5. The van der Waals surface area contributed by atoms with Crippen LogP contribution in [0.25, 0.3) is 0 Å². The molecule has 1 fully saturated rings. The Kier molecular flexibility index (Phi) is 10.1. The first kappa shape index (κ1) is 27.1. The van der Waals surface area contributed by atoms with Gasteiger partial charge in [0, 0.05) is 29.5 Å². The summed E-state index contributed by atoms with van der Waals surface area (Å²) in [5.41, 5.74) is -0.344. The Morgan fingerprint density at radius 3 is 2.20 bits per heavy atom. The van der Waals surface area contributed by atoms with Crippen molar-refractivity contribution in [2.24, 2.45) is 11.1 Å². The molecule has 0 radical (unpaired) electrons. The van der Waals surface area contributed by atoms with Gasteiger partial charge < -0.3 is 14.7 Å². The minimum Gasteiger partial charge on any atom is -0.508 e. The Labute approximate surface area is 193 Å². The topological polar surface area (TPSA) is 75.8 Å². The smallest absolute Gasteiger partial charge is 0.410 e. The summed E-state index contributed by atoms with van der Waals surface area (Å²) in [7, 11) is 0. The van der Waals surface area contributed by atoms with Crippen LogP contribution in [0.1, 0.15) is 59.9 Å². The maximum atomic E-state index is 14.2. The van der Waals surface area contributed by atoms with Crippen molar-refractivity contribution in [2.45, 2.75) is 71.2 Å². The number of piperidine rings is 1. The van der Waals surface area contributed by atoms with Crippen molar-refractivity contribution in [3.05, 3.63) is 27.5 Å². The third kappa shape index (κ3) is 9.08. The number of nitrogens with zero attached hydrogens (tertiary/aromatic N) is 1. The lowest BCUT2D eigenvalue weighted by atomic mass is 9.89. The fourth-order valence-corrected chi connectivity index (χ4v) is 3.10. The second-order valence-corrected chi connectivity index (χ2v) is 11.6. The van der Waals surface area contributed by atoms with Crippen LogP contribution in [0, 0.1) is 11.7 Å². The van der Waals surface area contributed by atoms with Gasteiger partial charge >= 0.3 is 6.09 Å². The van der Waals surface area contributed by atoms with Crippen molar-refractivity contribution < 1.29 is 19.0 Å². The van der Waals surface area contributed by atoms with Crippen LogP contribution in [-0.2, 0) is 11.2 Å². The van der Waals surface area contributed by atoms with Gasteiger partial charge in [0.1, 0.15) is 17.2 Å². The summed E-state index contributed by atoms with van der Waals surface area (Å²) in [6, 6.07) is 1.26. The SMILES string of the molecule is CC(C)(C)OC(=O)N1CCC(Cc2c(O)cc(Cl)c(Cl)c2F)CC1.CC(C)(C)SN. The molecule has 1 aromatic rings. The number of nitrogens with two attached hydrogens (primary N) is 1. The van der Waals surface area contributed by atoms with E-state index in [4.69, 9.17) is 33.1 Å². The van der Waals surface area contributed by atoms with Crippen LogP contribution in [-0.4, -0.2) is 39.5 Å². The summed E-state index contributed by atoms with van der Waals surface area (Å²) in [6.45, 7) is 12.8. The van der Waals surface area contributed by atoms with Crippen LogP contribution >= 0.6 is 35.1 Å². The van der Waals surface area contributed by atoms with Gasteiger partial charge in [-0.1, -0.05) is 35.1 Å². The van der Waals surface area contributed by atoms with Crippen LogP contribution in [0.2, 0.25) is 10.0 Å². The molecular weight excluding hydrogens is 450 g/mol. The van der Waals surface area contributed by atoms with Crippen molar-refractivity contribution >= 4 is 41.2 Å². The molecular formula is C21H33Cl2FN2O3S. The second kappa shape index (κ2) is 11.1.